The van der Waals surface area contributed by atoms with E-state index in [2.05, 4.69) is 15.9 Å². The van der Waals surface area contributed by atoms with E-state index < -0.39 is 0 Å². The molecule has 1 aromatic carbocycles. The zero-order valence-electron chi connectivity index (χ0n) is 12.5. The van der Waals surface area contributed by atoms with Crippen LogP contribution in [0.5, 0.6) is 5.75 Å². The van der Waals surface area contributed by atoms with Crippen molar-refractivity contribution in [2.24, 2.45) is 5.92 Å². The highest BCUT2D eigenvalue weighted by molar-refractivity contribution is 9.10. The fourth-order valence-electron chi connectivity index (χ4n) is 2.30. The summed E-state index contributed by atoms with van der Waals surface area (Å²) >= 11 is 3.41. The Balaban J connectivity index is 1.71. The first kappa shape index (κ1) is 16.1. The summed E-state index contributed by atoms with van der Waals surface area (Å²) in [6.45, 7) is 5.95. The molecule has 116 valence electrons. The van der Waals surface area contributed by atoms with Crippen molar-refractivity contribution < 1.29 is 14.3 Å². The SMILES string of the molecule is CC(C)OC(=O)N1CCC(COc2ccc(Br)cc2)CC1. The van der Waals surface area contributed by atoms with Gasteiger partial charge in [-0.25, -0.2) is 4.79 Å². The molecule has 0 radical (unpaired) electrons. The van der Waals surface area contributed by atoms with Crippen LogP contribution < -0.4 is 4.74 Å². The third kappa shape index (κ3) is 5.23. The van der Waals surface area contributed by atoms with Crippen molar-refractivity contribution in [2.75, 3.05) is 19.7 Å². The predicted octanol–water partition coefficient (Wildman–Crippen LogP) is 4.08. The Labute approximate surface area is 134 Å². The lowest BCUT2D eigenvalue weighted by molar-refractivity contribution is 0.0608. The number of hydrogen-bond donors (Lipinski definition) is 0. The summed E-state index contributed by atoms with van der Waals surface area (Å²) in [6.07, 6.45) is 1.67. The Morgan fingerprint density at radius 2 is 1.90 bits per heavy atom. The molecule has 5 heteroatoms. The Kier molecular flexibility index (Phi) is 5.91. The molecule has 1 heterocycles. The van der Waals surface area contributed by atoms with E-state index in [0.29, 0.717) is 12.5 Å². The van der Waals surface area contributed by atoms with Crippen LogP contribution in [-0.4, -0.2) is 36.8 Å². The van der Waals surface area contributed by atoms with Gasteiger partial charge in [0.15, 0.2) is 0 Å². The number of amides is 1. The molecule has 0 N–H and O–H groups in total. The molecule has 0 aromatic heterocycles. The fourth-order valence-corrected chi connectivity index (χ4v) is 2.57. The third-order valence-electron chi connectivity index (χ3n) is 3.51. The Morgan fingerprint density at radius 1 is 1.29 bits per heavy atom. The Morgan fingerprint density at radius 3 is 2.48 bits per heavy atom. The summed E-state index contributed by atoms with van der Waals surface area (Å²) in [5.74, 6) is 1.39. The second kappa shape index (κ2) is 7.69. The molecule has 1 fully saturated rings. The Hall–Kier alpha value is -1.23. The van der Waals surface area contributed by atoms with E-state index in [1.807, 2.05) is 38.1 Å². The maximum atomic E-state index is 11.8. The number of hydrogen-bond acceptors (Lipinski definition) is 3. The van der Waals surface area contributed by atoms with Gasteiger partial charge >= 0.3 is 6.09 Å². The number of piperidine rings is 1. The summed E-state index contributed by atoms with van der Waals surface area (Å²) in [7, 11) is 0. The summed E-state index contributed by atoms with van der Waals surface area (Å²) in [6, 6.07) is 7.86. The van der Waals surface area contributed by atoms with E-state index in [4.69, 9.17) is 9.47 Å². The van der Waals surface area contributed by atoms with Gasteiger partial charge in [-0.2, -0.15) is 0 Å². The van der Waals surface area contributed by atoms with Crippen LogP contribution in [0.3, 0.4) is 0 Å². The predicted molar refractivity (Wildman–Crippen MR) is 85.6 cm³/mol. The number of benzene rings is 1. The van der Waals surface area contributed by atoms with Crippen LogP contribution in [0, 0.1) is 5.92 Å². The number of likely N-dealkylation sites (tertiary alicyclic amines) is 1. The van der Waals surface area contributed by atoms with Gasteiger partial charge in [-0.1, -0.05) is 15.9 Å². The van der Waals surface area contributed by atoms with Crippen LogP contribution in [0.15, 0.2) is 28.7 Å². The maximum Gasteiger partial charge on any atom is 0.410 e. The molecule has 0 aliphatic carbocycles. The quantitative estimate of drug-likeness (QED) is 0.816. The van der Waals surface area contributed by atoms with Gasteiger partial charge < -0.3 is 14.4 Å². The summed E-state index contributed by atoms with van der Waals surface area (Å²) < 4.78 is 12.1. The molecule has 21 heavy (non-hydrogen) atoms. The van der Waals surface area contributed by atoms with E-state index >= 15 is 0 Å². The summed E-state index contributed by atoms with van der Waals surface area (Å²) in [4.78, 5) is 13.6. The number of rotatable bonds is 4. The second-order valence-electron chi connectivity index (χ2n) is 5.63. The standard InChI is InChI=1S/C16H22BrNO3/c1-12(2)21-16(19)18-9-7-13(8-10-18)11-20-15-5-3-14(17)4-6-15/h3-6,12-13H,7-11H2,1-2H3. The minimum atomic E-state index is -0.197. The van der Waals surface area contributed by atoms with Crippen molar-refractivity contribution in [2.45, 2.75) is 32.8 Å². The topological polar surface area (TPSA) is 38.8 Å². The molecule has 2 rings (SSSR count). The zero-order chi connectivity index (χ0) is 15.2. The van der Waals surface area contributed by atoms with E-state index in [1.165, 1.54) is 0 Å². The van der Waals surface area contributed by atoms with Gasteiger partial charge in [-0.05, 0) is 56.9 Å². The molecule has 1 saturated heterocycles. The highest BCUT2D eigenvalue weighted by Crippen LogP contribution is 2.21. The molecule has 0 unspecified atom stereocenters. The van der Waals surface area contributed by atoms with E-state index in [-0.39, 0.29) is 12.2 Å². The first-order chi connectivity index (χ1) is 10.0. The molecule has 0 bridgehead atoms. The average Bonchev–Trinajstić information content (AvgIpc) is 2.46. The van der Waals surface area contributed by atoms with E-state index in [9.17, 15) is 4.79 Å². The highest BCUT2D eigenvalue weighted by Gasteiger charge is 2.24. The van der Waals surface area contributed by atoms with Gasteiger partial charge in [-0.3, -0.25) is 0 Å². The summed E-state index contributed by atoms with van der Waals surface area (Å²) in [5, 5.41) is 0. The third-order valence-corrected chi connectivity index (χ3v) is 4.04. The normalized spacial score (nSPS) is 16.1. The monoisotopic (exact) mass is 355 g/mol. The Bertz CT molecular complexity index is 453. The van der Waals surface area contributed by atoms with Crippen LogP contribution in [0.25, 0.3) is 0 Å². The minimum absolute atomic E-state index is 0.0593. The number of carbonyl (C=O) groups is 1. The van der Waals surface area contributed by atoms with Crippen molar-refractivity contribution in [3.8, 4) is 5.75 Å². The lowest BCUT2D eigenvalue weighted by atomic mass is 9.98. The van der Waals surface area contributed by atoms with Gasteiger partial charge in [0.2, 0.25) is 0 Å². The number of ether oxygens (including phenoxy) is 2. The molecule has 1 aromatic rings. The second-order valence-corrected chi connectivity index (χ2v) is 6.54. The molecule has 0 spiro atoms. The lowest BCUT2D eigenvalue weighted by Gasteiger charge is -2.31. The molecule has 1 amide bonds. The first-order valence-electron chi connectivity index (χ1n) is 7.38. The average molecular weight is 356 g/mol. The molecule has 1 aliphatic heterocycles. The highest BCUT2D eigenvalue weighted by atomic mass is 79.9. The largest absolute Gasteiger partial charge is 0.493 e. The molecular formula is C16H22BrNO3. The van der Waals surface area contributed by atoms with Crippen molar-refractivity contribution in [3.63, 3.8) is 0 Å². The van der Waals surface area contributed by atoms with Gasteiger partial charge in [0, 0.05) is 17.6 Å². The maximum absolute atomic E-state index is 11.8. The first-order valence-corrected chi connectivity index (χ1v) is 8.18. The van der Waals surface area contributed by atoms with Gasteiger partial charge in [0.25, 0.3) is 0 Å². The van der Waals surface area contributed by atoms with Crippen LogP contribution in [-0.2, 0) is 4.74 Å². The lowest BCUT2D eigenvalue weighted by Crippen LogP contribution is -2.40. The molecule has 0 atom stereocenters. The molecule has 1 aliphatic rings. The van der Waals surface area contributed by atoms with Crippen LogP contribution in [0.2, 0.25) is 0 Å². The number of nitrogens with zero attached hydrogens (tertiary/aromatic N) is 1. The van der Waals surface area contributed by atoms with Crippen molar-refractivity contribution in [1.82, 2.24) is 4.90 Å². The fraction of sp³-hybridized carbons (Fsp3) is 0.562. The van der Waals surface area contributed by atoms with Crippen molar-refractivity contribution in [1.29, 1.82) is 0 Å². The summed E-state index contributed by atoms with van der Waals surface area (Å²) in [5.41, 5.74) is 0. The zero-order valence-corrected chi connectivity index (χ0v) is 14.1. The van der Waals surface area contributed by atoms with Gasteiger partial charge in [0.1, 0.15) is 5.75 Å². The van der Waals surface area contributed by atoms with E-state index in [1.54, 1.807) is 4.90 Å². The van der Waals surface area contributed by atoms with Gasteiger partial charge in [0.05, 0.1) is 12.7 Å². The molecule has 4 nitrogen and oxygen atoms in total. The number of carbonyl (C=O) groups excluding carboxylic acids is 1. The molecular weight excluding hydrogens is 334 g/mol. The minimum Gasteiger partial charge on any atom is -0.493 e. The smallest absolute Gasteiger partial charge is 0.410 e. The molecule has 0 saturated carbocycles. The van der Waals surface area contributed by atoms with Crippen molar-refractivity contribution >= 4 is 22.0 Å². The van der Waals surface area contributed by atoms with Crippen LogP contribution >= 0.6 is 15.9 Å². The number of halogens is 1. The van der Waals surface area contributed by atoms with Crippen molar-refractivity contribution in [3.05, 3.63) is 28.7 Å². The van der Waals surface area contributed by atoms with Crippen LogP contribution in [0.4, 0.5) is 4.79 Å². The van der Waals surface area contributed by atoms with E-state index in [0.717, 1.165) is 36.2 Å². The van der Waals surface area contributed by atoms with Crippen LogP contribution in [0.1, 0.15) is 26.7 Å². The van der Waals surface area contributed by atoms with Gasteiger partial charge in [-0.15, -0.1) is 0 Å².